The lowest BCUT2D eigenvalue weighted by Gasteiger charge is -2.37. The molecule has 2 saturated carbocycles. The second kappa shape index (κ2) is 6.33. The van der Waals surface area contributed by atoms with Gasteiger partial charge in [0.05, 0.1) is 42.5 Å². The van der Waals surface area contributed by atoms with Gasteiger partial charge in [0.2, 0.25) is 0 Å². The molecule has 1 amide bonds. The Balaban J connectivity index is 1.24. The number of fused-ring (bicyclic) bond motifs is 5. The second-order valence-electron chi connectivity index (χ2n) is 9.75. The van der Waals surface area contributed by atoms with Crippen LogP contribution in [0.1, 0.15) is 75.9 Å². The molecule has 32 heavy (non-hydrogen) atoms. The predicted molar refractivity (Wildman–Crippen MR) is 119 cm³/mol. The summed E-state index contributed by atoms with van der Waals surface area (Å²) in [5.41, 5.74) is 13.9. The molecule has 164 valence electrons. The number of aromatic amines is 1. The molecule has 7 heteroatoms. The topological polar surface area (TPSA) is 93.5 Å². The first-order valence-corrected chi connectivity index (χ1v) is 11.5. The molecule has 4 aliphatic rings. The number of nitrogens with zero attached hydrogens (tertiary/aromatic N) is 2. The number of H-pyrrole nitrogens is 1. The van der Waals surface area contributed by atoms with Gasteiger partial charge in [0.25, 0.3) is 5.91 Å². The molecule has 2 aliphatic heterocycles. The van der Waals surface area contributed by atoms with Crippen molar-refractivity contribution in [2.45, 2.75) is 56.5 Å². The van der Waals surface area contributed by atoms with Gasteiger partial charge in [0, 0.05) is 18.2 Å². The fourth-order valence-electron chi connectivity index (χ4n) is 5.47. The number of likely N-dealkylation sites (N-methyl/N-ethyl adjacent to an activating group) is 1. The molecular formula is C25H26N4O3. The van der Waals surface area contributed by atoms with E-state index in [4.69, 9.17) is 15.2 Å². The number of aromatic nitrogens is 2. The average molecular weight is 431 g/mol. The van der Waals surface area contributed by atoms with E-state index in [-0.39, 0.29) is 17.6 Å². The normalized spacial score (nSPS) is 22.7. The van der Waals surface area contributed by atoms with E-state index in [2.05, 4.69) is 28.2 Å². The summed E-state index contributed by atoms with van der Waals surface area (Å²) in [5, 5.41) is 0. The summed E-state index contributed by atoms with van der Waals surface area (Å²) in [7, 11) is 1.86. The Morgan fingerprint density at radius 2 is 2.03 bits per heavy atom. The minimum absolute atomic E-state index is 0.0770. The molecule has 1 spiro atoms. The van der Waals surface area contributed by atoms with E-state index in [0.717, 1.165) is 29.5 Å². The van der Waals surface area contributed by atoms with Crippen molar-refractivity contribution in [3.8, 4) is 0 Å². The number of hydrogen-bond donors (Lipinski definition) is 2. The quantitative estimate of drug-likeness (QED) is 0.658. The third kappa shape index (κ3) is 2.61. The molecule has 2 aliphatic carbocycles. The van der Waals surface area contributed by atoms with E-state index in [1.54, 1.807) is 11.0 Å². The molecule has 4 heterocycles. The number of nitrogens with two attached hydrogens (primary N) is 1. The lowest BCUT2D eigenvalue weighted by molar-refractivity contribution is -0.0208. The van der Waals surface area contributed by atoms with Crippen LogP contribution in [-0.2, 0) is 28.3 Å². The van der Waals surface area contributed by atoms with Crippen LogP contribution in [0.4, 0.5) is 5.82 Å². The van der Waals surface area contributed by atoms with Crippen LogP contribution in [0, 0.1) is 0 Å². The Kier molecular flexibility index (Phi) is 3.69. The molecule has 1 atom stereocenters. The van der Waals surface area contributed by atoms with Crippen LogP contribution in [0.5, 0.6) is 0 Å². The third-order valence-corrected chi connectivity index (χ3v) is 7.72. The zero-order chi connectivity index (χ0) is 21.6. The van der Waals surface area contributed by atoms with E-state index in [1.165, 1.54) is 29.5 Å². The Morgan fingerprint density at radius 3 is 2.81 bits per heavy atom. The molecule has 0 bridgehead atoms. The van der Waals surface area contributed by atoms with Gasteiger partial charge >= 0.3 is 0 Å². The number of hydrogen-bond acceptors (Lipinski definition) is 5. The number of amides is 1. The van der Waals surface area contributed by atoms with Crippen molar-refractivity contribution in [2.24, 2.45) is 0 Å². The number of pyridine rings is 1. The van der Waals surface area contributed by atoms with E-state index in [1.807, 2.05) is 7.05 Å². The van der Waals surface area contributed by atoms with E-state index in [0.29, 0.717) is 42.8 Å². The van der Waals surface area contributed by atoms with Crippen molar-refractivity contribution in [3.05, 3.63) is 57.8 Å². The number of ether oxygens (including phenoxy) is 2. The summed E-state index contributed by atoms with van der Waals surface area (Å²) in [4.78, 5) is 23.1. The number of carbonyl (C=O) groups excluding carboxylic acids is 1. The summed E-state index contributed by atoms with van der Waals surface area (Å²) >= 11 is 0. The molecule has 2 aromatic heterocycles. The molecule has 1 aromatic carbocycles. The molecule has 0 saturated heterocycles. The van der Waals surface area contributed by atoms with Gasteiger partial charge in [-0.1, -0.05) is 18.2 Å². The molecular weight excluding hydrogens is 404 g/mol. The van der Waals surface area contributed by atoms with Crippen LogP contribution in [0.2, 0.25) is 0 Å². The van der Waals surface area contributed by atoms with Crippen LogP contribution in [0.25, 0.3) is 11.0 Å². The smallest absolute Gasteiger partial charge is 0.270 e. The number of anilines is 1. The Labute approximate surface area is 185 Å². The van der Waals surface area contributed by atoms with Gasteiger partial charge in [-0.05, 0) is 54.4 Å². The van der Waals surface area contributed by atoms with Gasteiger partial charge in [-0.3, -0.25) is 4.79 Å². The predicted octanol–water partition coefficient (Wildman–Crippen LogP) is 3.89. The van der Waals surface area contributed by atoms with Crippen molar-refractivity contribution in [3.63, 3.8) is 0 Å². The first-order valence-electron chi connectivity index (χ1n) is 11.5. The number of nitrogens with one attached hydrogen (secondary N) is 1. The first kappa shape index (κ1) is 18.7. The van der Waals surface area contributed by atoms with Gasteiger partial charge in [-0.15, -0.1) is 0 Å². The minimum atomic E-state index is -0.121. The lowest BCUT2D eigenvalue weighted by atomic mass is 9.89. The molecule has 0 unspecified atom stereocenters. The molecule has 3 N–H and O–H groups in total. The van der Waals surface area contributed by atoms with Crippen LogP contribution in [0.15, 0.2) is 24.3 Å². The number of rotatable bonds is 3. The van der Waals surface area contributed by atoms with Crippen molar-refractivity contribution in [2.75, 3.05) is 19.4 Å². The third-order valence-electron chi connectivity index (χ3n) is 7.72. The molecule has 2 fully saturated rings. The highest BCUT2D eigenvalue weighted by molar-refractivity contribution is 5.98. The highest BCUT2D eigenvalue weighted by Crippen LogP contribution is 2.56. The van der Waals surface area contributed by atoms with Gasteiger partial charge in [-0.2, -0.15) is 0 Å². The van der Waals surface area contributed by atoms with Gasteiger partial charge < -0.3 is 25.1 Å². The van der Waals surface area contributed by atoms with Gasteiger partial charge in [0.15, 0.2) is 0 Å². The number of carbonyl (C=O) groups is 1. The van der Waals surface area contributed by atoms with Crippen molar-refractivity contribution in [1.82, 2.24) is 14.9 Å². The molecule has 7 rings (SSSR count). The molecule has 0 radical (unpaired) electrons. The maximum absolute atomic E-state index is 13.5. The minimum Gasteiger partial charge on any atom is -0.383 e. The first-order chi connectivity index (χ1) is 15.5. The van der Waals surface area contributed by atoms with E-state index < -0.39 is 0 Å². The molecule has 3 aromatic rings. The Hall–Kier alpha value is -2.90. The van der Waals surface area contributed by atoms with Crippen molar-refractivity contribution >= 4 is 22.8 Å². The standard InChI is InChI=1S/C25H26N4O3/c1-29(24(30)20-9-19-22(27-20)16-10-31-11-17(16)23(26)28-19)21-12-32-25(6-7-25)18-8-14(13-2-3-13)4-5-15(18)21/h4-5,8-9,13,21,27H,2-3,6-7,10-12H2,1H3,(H2,26,28)/t21-/m1/s1. The largest absolute Gasteiger partial charge is 0.383 e. The lowest BCUT2D eigenvalue weighted by Crippen LogP contribution is -2.39. The van der Waals surface area contributed by atoms with Gasteiger partial charge in [-0.25, -0.2) is 4.98 Å². The summed E-state index contributed by atoms with van der Waals surface area (Å²) < 4.78 is 11.9. The fraction of sp³-hybridized carbons (Fsp3) is 0.440. The maximum Gasteiger partial charge on any atom is 0.270 e. The number of nitrogen functional groups attached to an aromatic ring is 1. The van der Waals surface area contributed by atoms with Gasteiger partial charge in [0.1, 0.15) is 11.5 Å². The zero-order valence-corrected chi connectivity index (χ0v) is 18.1. The Bertz CT molecular complexity index is 1290. The van der Waals surface area contributed by atoms with Crippen molar-refractivity contribution in [1.29, 1.82) is 0 Å². The zero-order valence-electron chi connectivity index (χ0n) is 18.1. The van der Waals surface area contributed by atoms with Crippen LogP contribution < -0.4 is 5.73 Å². The molecule has 7 nitrogen and oxygen atoms in total. The highest BCUT2D eigenvalue weighted by Gasteiger charge is 2.51. The van der Waals surface area contributed by atoms with E-state index in [9.17, 15) is 4.79 Å². The van der Waals surface area contributed by atoms with Crippen LogP contribution >= 0.6 is 0 Å². The highest BCUT2D eigenvalue weighted by atomic mass is 16.5. The van der Waals surface area contributed by atoms with Crippen molar-refractivity contribution < 1.29 is 14.3 Å². The number of benzene rings is 1. The summed E-state index contributed by atoms with van der Waals surface area (Å²) in [5.74, 6) is 1.10. The Morgan fingerprint density at radius 1 is 1.22 bits per heavy atom. The second-order valence-corrected chi connectivity index (χ2v) is 9.75. The summed E-state index contributed by atoms with van der Waals surface area (Å²) in [6, 6.07) is 8.52. The maximum atomic E-state index is 13.5. The average Bonchev–Trinajstić information content (AvgIpc) is 3.70. The van der Waals surface area contributed by atoms with Crippen LogP contribution in [0.3, 0.4) is 0 Å². The van der Waals surface area contributed by atoms with E-state index >= 15 is 0 Å². The monoisotopic (exact) mass is 430 g/mol. The summed E-state index contributed by atoms with van der Waals surface area (Å²) in [6.45, 7) is 1.47. The fourth-order valence-corrected chi connectivity index (χ4v) is 5.47. The van der Waals surface area contributed by atoms with Crippen LogP contribution in [-0.4, -0.2) is 34.4 Å². The SMILES string of the molecule is CN(C(=O)c1cc2nc(N)c3c(c2[nH]1)COC3)[C@@H]1COC2(CC2)c2cc(C3CC3)ccc21. The summed E-state index contributed by atoms with van der Waals surface area (Å²) in [6.07, 6.45) is 4.70.